The van der Waals surface area contributed by atoms with Crippen LogP contribution in [0.15, 0.2) is 12.4 Å². The molecule has 2 aromatic heterocycles. The molecule has 0 aromatic carbocycles. The maximum Gasteiger partial charge on any atom is 0.425 e. The minimum absolute atomic E-state index is 0.0283. The number of ether oxygens (including phenoxy) is 1. The molecule has 0 unspecified atom stereocenters. The largest absolute Gasteiger partial charge is 0.425 e. The van der Waals surface area contributed by atoms with Gasteiger partial charge in [-0.15, -0.1) is 11.3 Å². The van der Waals surface area contributed by atoms with Crippen LogP contribution in [0, 0.1) is 0 Å². The van der Waals surface area contributed by atoms with Crippen molar-refractivity contribution >= 4 is 11.3 Å². The topological polar surface area (TPSA) is 70.8 Å². The lowest BCUT2D eigenvalue weighted by atomic mass is 9.81. The predicted octanol–water partition coefficient (Wildman–Crippen LogP) is 3.29. The van der Waals surface area contributed by atoms with Gasteiger partial charge in [0, 0.05) is 54.5 Å². The molecule has 0 aliphatic carbocycles. The number of halogens is 3. The second kappa shape index (κ2) is 8.82. The number of hydrogen-bond acceptors (Lipinski definition) is 6. The van der Waals surface area contributed by atoms with Gasteiger partial charge in [0.1, 0.15) is 10.5 Å². The summed E-state index contributed by atoms with van der Waals surface area (Å²) in [5, 5.41) is 23.0. The molecule has 2 atom stereocenters. The van der Waals surface area contributed by atoms with Crippen LogP contribution in [0.1, 0.15) is 52.6 Å². The molecular weight excluding hydrogens is 431 g/mol. The summed E-state index contributed by atoms with van der Waals surface area (Å²) in [5.74, 6) is 0. The molecule has 4 heterocycles. The van der Waals surface area contributed by atoms with Crippen LogP contribution >= 0.6 is 11.3 Å². The average molecular weight is 460 g/mol. The number of aliphatic hydroxyl groups excluding tert-OH is 2. The quantitative estimate of drug-likeness (QED) is 0.694. The number of nitrogens with zero attached hydrogens (tertiary/aromatic N) is 3. The van der Waals surface area contributed by atoms with Crippen LogP contribution in [0.25, 0.3) is 0 Å². The van der Waals surface area contributed by atoms with Crippen molar-refractivity contribution < 1.29 is 28.1 Å². The number of hydrogen-bond donors (Lipinski definition) is 2. The fraction of sp³-hybridized carbons (Fsp3) is 0.667. The van der Waals surface area contributed by atoms with E-state index in [9.17, 15) is 18.3 Å². The molecule has 6 nitrogen and oxygen atoms in total. The van der Waals surface area contributed by atoms with Gasteiger partial charge in [0.25, 0.3) is 0 Å². The Kier molecular flexibility index (Phi) is 6.47. The van der Waals surface area contributed by atoms with E-state index in [0.717, 1.165) is 16.9 Å². The molecule has 0 radical (unpaired) electrons. The number of piperidine rings is 1. The van der Waals surface area contributed by atoms with Crippen LogP contribution in [0.2, 0.25) is 0 Å². The number of rotatable bonds is 6. The second-order valence-corrected chi connectivity index (χ2v) is 9.45. The van der Waals surface area contributed by atoms with Crippen molar-refractivity contribution in [1.82, 2.24) is 14.7 Å². The molecular formula is C21H28F3N3O3S. The minimum atomic E-state index is -4.47. The zero-order chi connectivity index (χ0) is 22.2. The predicted molar refractivity (Wildman–Crippen MR) is 110 cm³/mol. The Morgan fingerprint density at radius 2 is 2.16 bits per heavy atom. The monoisotopic (exact) mass is 459 g/mol. The van der Waals surface area contributed by atoms with Crippen molar-refractivity contribution in [3.8, 4) is 0 Å². The Balaban J connectivity index is 1.52. The van der Waals surface area contributed by atoms with E-state index >= 15 is 0 Å². The van der Waals surface area contributed by atoms with Gasteiger partial charge in [-0.1, -0.05) is 0 Å². The number of likely N-dealkylation sites (tertiary alicyclic amines) is 1. The third-order valence-corrected chi connectivity index (χ3v) is 7.85. The molecule has 2 N–H and O–H groups in total. The molecule has 10 heteroatoms. The summed E-state index contributed by atoms with van der Waals surface area (Å²) in [6.07, 6.45) is 1.62. The van der Waals surface area contributed by atoms with Crippen LogP contribution in [0.4, 0.5) is 13.2 Å². The number of alkyl halides is 3. The van der Waals surface area contributed by atoms with E-state index in [1.165, 1.54) is 0 Å². The lowest BCUT2D eigenvalue weighted by Gasteiger charge is -2.47. The molecule has 1 fully saturated rings. The molecule has 2 aliphatic rings. The van der Waals surface area contributed by atoms with Gasteiger partial charge in [0.2, 0.25) is 0 Å². The normalized spacial score (nSPS) is 24.6. The van der Waals surface area contributed by atoms with E-state index < -0.39 is 23.3 Å². The summed E-state index contributed by atoms with van der Waals surface area (Å²) in [4.78, 5) is 2.27. The Bertz CT molecular complexity index is 914. The van der Waals surface area contributed by atoms with E-state index in [2.05, 4.69) is 16.9 Å². The zero-order valence-corrected chi connectivity index (χ0v) is 18.3. The summed E-state index contributed by atoms with van der Waals surface area (Å²) in [7, 11) is 0. The van der Waals surface area contributed by atoms with Crippen LogP contribution < -0.4 is 0 Å². The molecule has 1 spiro atoms. The van der Waals surface area contributed by atoms with Gasteiger partial charge in [-0.25, -0.2) is 0 Å². The molecule has 0 amide bonds. The highest BCUT2D eigenvalue weighted by molar-refractivity contribution is 7.12. The third-order valence-electron chi connectivity index (χ3n) is 6.35. The van der Waals surface area contributed by atoms with E-state index in [0.29, 0.717) is 62.4 Å². The van der Waals surface area contributed by atoms with Crippen molar-refractivity contribution in [2.45, 2.75) is 70.1 Å². The molecule has 4 rings (SSSR count). The Morgan fingerprint density at radius 1 is 1.35 bits per heavy atom. The summed E-state index contributed by atoms with van der Waals surface area (Å²) < 4.78 is 48.7. The van der Waals surface area contributed by atoms with Crippen LogP contribution in [0.5, 0.6) is 0 Å². The van der Waals surface area contributed by atoms with Gasteiger partial charge in [0.15, 0.2) is 0 Å². The smallest absolute Gasteiger partial charge is 0.396 e. The molecule has 2 aromatic rings. The molecule has 172 valence electrons. The van der Waals surface area contributed by atoms with Crippen LogP contribution in [-0.2, 0) is 42.6 Å². The fourth-order valence-electron chi connectivity index (χ4n) is 4.84. The molecule has 31 heavy (non-hydrogen) atoms. The maximum absolute atomic E-state index is 13.6. The van der Waals surface area contributed by atoms with Crippen molar-refractivity contribution in [2.75, 3.05) is 19.8 Å². The van der Waals surface area contributed by atoms with Gasteiger partial charge in [0.05, 0.1) is 19.4 Å². The van der Waals surface area contributed by atoms with Crippen LogP contribution in [0.3, 0.4) is 0 Å². The lowest BCUT2D eigenvalue weighted by molar-refractivity contribution is -0.135. The fourth-order valence-corrected chi connectivity index (χ4v) is 6.25. The summed E-state index contributed by atoms with van der Waals surface area (Å²) in [6, 6.07) is 0.120. The number of aliphatic hydroxyl groups is 2. The first kappa shape index (κ1) is 22.7. The minimum Gasteiger partial charge on any atom is -0.396 e. The van der Waals surface area contributed by atoms with Crippen molar-refractivity contribution in [3.63, 3.8) is 0 Å². The van der Waals surface area contributed by atoms with Crippen molar-refractivity contribution in [1.29, 1.82) is 0 Å². The summed E-state index contributed by atoms with van der Waals surface area (Å²) >= 11 is 0.755. The first-order valence-corrected chi connectivity index (χ1v) is 11.4. The zero-order valence-electron chi connectivity index (χ0n) is 17.5. The van der Waals surface area contributed by atoms with Gasteiger partial charge in [-0.3, -0.25) is 9.58 Å². The van der Waals surface area contributed by atoms with E-state index in [4.69, 9.17) is 9.84 Å². The average Bonchev–Trinajstić information content (AvgIpc) is 3.33. The van der Waals surface area contributed by atoms with Crippen molar-refractivity contribution in [2.24, 2.45) is 0 Å². The van der Waals surface area contributed by atoms with Crippen molar-refractivity contribution in [3.05, 3.63) is 38.8 Å². The molecule has 0 bridgehead atoms. The highest BCUT2D eigenvalue weighted by Crippen LogP contribution is 2.51. The lowest BCUT2D eigenvalue weighted by Crippen LogP contribution is -2.50. The molecule has 0 saturated carbocycles. The van der Waals surface area contributed by atoms with Gasteiger partial charge < -0.3 is 14.9 Å². The number of thiophene rings is 1. The second-order valence-electron chi connectivity index (χ2n) is 8.43. The van der Waals surface area contributed by atoms with E-state index in [-0.39, 0.29) is 18.2 Å². The summed E-state index contributed by atoms with van der Waals surface area (Å²) in [6.45, 7) is 4.06. The van der Waals surface area contributed by atoms with E-state index in [1.54, 1.807) is 0 Å². The van der Waals surface area contributed by atoms with E-state index in [1.807, 2.05) is 17.1 Å². The van der Waals surface area contributed by atoms with Gasteiger partial charge in [-0.2, -0.15) is 18.3 Å². The maximum atomic E-state index is 13.6. The number of aromatic nitrogens is 2. The first-order chi connectivity index (χ1) is 14.8. The van der Waals surface area contributed by atoms with Gasteiger partial charge >= 0.3 is 6.18 Å². The molecule has 1 saturated heterocycles. The highest BCUT2D eigenvalue weighted by Gasteiger charge is 2.48. The standard InChI is InChI=1S/C21H28F3N3O3S/c1-14-9-20(4-6-26(14)11-15-10-25-27(12-15)5-2-7-28)18-16(3-8-30-20)17(13-29)19(31-18)21(22,23)24/h10,12,14,28-29H,2-9,11,13H2,1H3/t14-,20+/m0/s1. The van der Waals surface area contributed by atoms with Crippen LogP contribution in [-0.4, -0.2) is 50.7 Å². The highest BCUT2D eigenvalue weighted by atomic mass is 32.1. The Labute approximate surface area is 183 Å². The SMILES string of the molecule is C[C@H]1C[C@@]2(CCN1Cc1cnn(CCCO)c1)OCCc1c2sc(C(F)(F)F)c1CO. The van der Waals surface area contributed by atoms with Gasteiger partial charge in [-0.05, 0) is 38.2 Å². The number of fused-ring (bicyclic) bond motifs is 2. The molecule has 2 aliphatic heterocycles. The Hall–Kier alpha value is -1.46. The third kappa shape index (κ3) is 4.41. The summed E-state index contributed by atoms with van der Waals surface area (Å²) in [5.41, 5.74) is 1.02. The number of aryl methyl sites for hydroxylation is 1. The first-order valence-electron chi connectivity index (χ1n) is 10.6. The Morgan fingerprint density at radius 3 is 2.84 bits per heavy atom.